The standard InChI is InChI=1S/C15H24ClNO/c1-11(2)18-13-8-12(9-17-10-13)6-7-14(16)15(3,4)5/h8-11,14H,6-7H2,1-5H3. The summed E-state index contributed by atoms with van der Waals surface area (Å²) in [7, 11) is 0. The monoisotopic (exact) mass is 269 g/mol. The zero-order valence-corrected chi connectivity index (χ0v) is 12.8. The Balaban J connectivity index is 2.57. The van der Waals surface area contributed by atoms with Gasteiger partial charge >= 0.3 is 0 Å². The van der Waals surface area contributed by atoms with E-state index in [1.165, 1.54) is 5.56 Å². The molecule has 0 saturated heterocycles. The predicted molar refractivity (Wildman–Crippen MR) is 77.4 cm³/mol. The Bertz CT molecular complexity index is 371. The Labute approximate surface area is 116 Å². The van der Waals surface area contributed by atoms with Crippen molar-refractivity contribution >= 4 is 11.6 Å². The van der Waals surface area contributed by atoms with Gasteiger partial charge in [-0.3, -0.25) is 4.98 Å². The third-order valence-corrected chi connectivity index (χ3v) is 3.64. The van der Waals surface area contributed by atoms with Crippen LogP contribution in [0.1, 0.15) is 46.6 Å². The topological polar surface area (TPSA) is 22.1 Å². The van der Waals surface area contributed by atoms with Crippen LogP contribution in [-0.4, -0.2) is 16.5 Å². The molecule has 0 saturated carbocycles. The van der Waals surface area contributed by atoms with E-state index < -0.39 is 0 Å². The van der Waals surface area contributed by atoms with Gasteiger partial charge in [0.15, 0.2) is 0 Å². The van der Waals surface area contributed by atoms with Gasteiger partial charge in [-0.25, -0.2) is 0 Å². The van der Waals surface area contributed by atoms with Crippen molar-refractivity contribution in [3.63, 3.8) is 0 Å². The number of hydrogen-bond acceptors (Lipinski definition) is 2. The number of nitrogens with zero attached hydrogens (tertiary/aromatic N) is 1. The number of pyridine rings is 1. The molecular formula is C15H24ClNO. The van der Waals surface area contributed by atoms with E-state index in [4.69, 9.17) is 16.3 Å². The summed E-state index contributed by atoms with van der Waals surface area (Å²) >= 11 is 6.38. The molecule has 1 aromatic heterocycles. The van der Waals surface area contributed by atoms with Crippen molar-refractivity contribution in [2.45, 2.75) is 58.9 Å². The Hall–Kier alpha value is -0.760. The summed E-state index contributed by atoms with van der Waals surface area (Å²) in [5.74, 6) is 0.837. The van der Waals surface area contributed by atoms with Gasteiger partial charge in [0.05, 0.1) is 12.3 Å². The van der Waals surface area contributed by atoms with E-state index in [0.717, 1.165) is 18.6 Å². The minimum Gasteiger partial charge on any atom is -0.489 e. The van der Waals surface area contributed by atoms with E-state index in [-0.39, 0.29) is 16.9 Å². The maximum Gasteiger partial charge on any atom is 0.138 e. The van der Waals surface area contributed by atoms with Crippen molar-refractivity contribution in [2.75, 3.05) is 0 Å². The Morgan fingerprint density at radius 2 is 1.94 bits per heavy atom. The van der Waals surface area contributed by atoms with Crippen molar-refractivity contribution in [1.29, 1.82) is 0 Å². The molecule has 0 aliphatic rings. The molecule has 1 heterocycles. The first-order valence-corrected chi connectivity index (χ1v) is 6.97. The highest BCUT2D eigenvalue weighted by Gasteiger charge is 2.21. The van der Waals surface area contributed by atoms with Crippen LogP contribution >= 0.6 is 11.6 Å². The van der Waals surface area contributed by atoms with Crippen LogP contribution in [0.2, 0.25) is 0 Å². The molecule has 18 heavy (non-hydrogen) atoms. The average molecular weight is 270 g/mol. The molecule has 0 aliphatic heterocycles. The number of rotatable bonds is 5. The molecule has 1 atom stereocenters. The number of hydrogen-bond donors (Lipinski definition) is 0. The zero-order valence-electron chi connectivity index (χ0n) is 12.0. The van der Waals surface area contributed by atoms with Crippen LogP contribution in [0.3, 0.4) is 0 Å². The third kappa shape index (κ3) is 5.26. The second kappa shape index (κ2) is 6.42. The molecule has 0 amide bonds. The largest absolute Gasteiger partial charge is 0.489 e. The molecule has 2 nitrogen and oxygen atoms in total. The first-order chi connectivity index (χ1) is 8.29. The molecule has 0 aliphatic carbocycles. The van der Waals surface area contributed by atoms with E-state index in [0.29, 0.717) is 0 Å². The smallest absolute Gasteiger partial charge is 0.138 e. The summed E-state index contributed by atoms with van der Waals surface area (Å²) in [6.45, 7) is 10.5. The number of aromatic nitrogens is 1. The molecular weight excluding hydrogens is 246 g/mol. The fourth-order valence-electron chi connectivity index (χ4n) is 1.66. The molecule has 1 aromatic rings. The number of ether oxygens (including phenoxy) is 1. The van der Waals surface area contributed by atoms with E-state index in [2.05, 4.69) is 31.8 Å². The summed E-state index contributed by atoms with van der Waals surface area (Å²) in [5, 5.41) is 0.173. The second-order valence-corrected chi connectivity index (χ2v) is 6.59. The van der Waals surface area contributed by atoms with Crippen LogP contribution in [0.25, 0.3) is 0 Å². The van der Waals surface area contributed by atoms with Gasteiger partial charge in [0, 0.05) is 11.6 Å². The van der Waals surface area contributed by atoms with Crippen molar-refractivity contribution in [1.82, 2.24) is 4.98 Å². The highest BCUT2D eigenvalue weighted by atomic mass is 35.5. The van der Waals surface area contributed by atoms with Crippen LogP contribution in [0.4, 0.5) is 0 Å². The van der Waals surface area contributed by atoms with Gasteiger partial charge in [0.2, 0.25) is 0 Å². The van der Waals surface area contributed by atoms with Crippen molar-refractivity contribution in [3.8, 4) is 5.75 Å². The summed E-state index contributed by atoms with van der Waals surface area (Å²) in [5.41, 5.74) is 1.32. The molecule has 102 valence electrons. The van der Waals surface area contributed by atoms with Gasteiger partial charge in [-0.2, -0.15) is 0 Å². The molecule has 1 rings (SSSR count). The minimum absolute atomic E-state index is 0.140. The van der Waals surface area contributed by atoms with Gasteiger partial charge in [-0.15, -0.1) is 11.6 Å². The van der Waals surface area contributed by atoms with E-state index in [9.17, 15) is 0 Å². The Morgan fingerprint density at radius 3 is 2.50 bits per heavy atom. The molecule has 0 aromatic carbocycles. The summed E-state index contributed by atoms with van der Waals surface area (Å²) < 4.78 is 5.63. The minimum atomic E-state index is 0.140. The predicted octanol–water partition coefficient (Wildman–Crippen LogP) is 4.45. The van der Waals surface area contributed by atoms with Crippen LogP contribution in [-0.2, 0) is 6.42 Å². The Morgan fingerprint density at radius 1 is 1.28 bits per heavy atom. The number of aryl methyl sites for hydroxylation is 1. The lowest BCUT2D eigenvalue weighted by molar-refractivity contribution is 0.241. The van der Waals surface area contributed by atoms with Gasteiger partial charge in [0.25, 0.3) is 0 Å². The quantitative estimate of drug-likeness (QED) is 0.737. The van der Waals surface area contributed by atoms with E-state index >= 15 is 0 Å². The average Bonchev–Trinajstić information content (AvgIpc) is 2.24. The van der Waals surface area contributed by atoms with Gasteiger partial charge in [0.1, 0.15) is 5.75 Å². The Kier molecular flexibility index (Phi) is 5.46. The van der Waals surface area contributed by atoms with Crippen LogP contribution in [0.15, 0.2) is 18.5 Å². The third-order valence-electron chi connectivity index (χ3n) is 2.77. The molecule has 3 heteroatoms. The highest BCUT2D eigenvalue weighted by molar-refractivity contribution is 6.21. The molecule has 0 bridgehead atoms. The lowest BCUT2D eigenvalue weighted by Crippen LogP contribution is -2.21. The summed E-state index contributed by atoms with van der Waals surface area (Å²) in [6, 6.07) is 2.05. The van der Waals surface area contributed by atoms with Crippen LogP contribution < -0.4 is 4.74 Å². The van der Waals surface area contributed by atoms with Gasteiger partial charge in [-0.1, -0.05) is 20.8 Å². The maximum absolute atomic E-state index is 6.38. The SMILES string of the molecule is CC(C)Oc1cncc(CCC(Cl)C(C)(C)C)c1. The lowest BCUT2D eigenvalue weighted by Gasteiger charge is -2.25. The second-order valence-electron chi connectivity index (χ2n) is 6.07. The van der Waals surface area contributed by atoms with Gasteiger partial charge < -0.3 is 4.74 Å². The van der Waals surface area contributed by atoms with E-state index in [1.807, 2.05) is 20.0 Å². The maximum atomic E-state index is 6.38. The number of halogens is 1. The van der Waals surface area contributed by atoms with Crippen molar-refractivity contribution in [3.05, 3.63) is 24.0 Å². The highest BCUT2D eigenvalue weighted by Crippen LogP contribution is 2.28. The fraction of sp³-hybridized carbons (Fsp3) is 0.667. The fourth-order valence-corrected chi connectivity index (χ4v) is 1.77. The lowest BCUT2D eigenvalue weighted by atomic mass is 9.88. The first kappa shape index (κ1) is 15.3. The normalized spacial score (nSPS) is 13.7. The van der Waals surface area contributed by atoms with Gasteiger partial charge in [-0.05, 0) is 43.7 Å². The molecule has 0 N–H and O–H groups in total. The summed E-state index contributed by atoms with van der Waals surface area (Å²) in [4.78, 5) is 4.21. The van der Waals surface area contributed by atoms with Crippen molar-refractivity contribution in [2.24, 2.45) is 5.41 Å². The van der Waals surface area contributed by atoms with Crippen LogP contribution in [0, 0.1) is 5.41 Å². The molecule has 0 spiro atoms. The first-order valence-electron chi connectivity index (χ1n) is 6.53. The zero-order chi connectivity index (χ0) is 13.8. The molecule has 0 fully saturated rings. The van der Waals surface area contributed by atoms with E-state index in [1.54, 1.807) is 6.20 Å². The number of alkyl halides is 1. The van der Waals surface area contributed by atoms with Crippen molar-refractivity contribution < 1.29 is 4.74 Å². The van der Waals surface area contributed by atoms with Crippen LogP contribution in [0.5, 0.6) is 5.75 Å². The molecule has 0 radical (unpaired) electrons. The summed E-state index contributed by atoms with van der Waals surface area (Å²) in [6.07, 6.45) is 5.72. The molecule has 1 unspecified atom stereocenters.